The first-order valence-electron chi connectivity index (χ1n) is 10.8. The molecule has 172 valence electrons. The number of amides is 1. The second-order valence-electron chi connectivity index (χ2n) is 7.82. The number of carbonyl (C=O) groups is 3. The van der Waals surface area contributed by atoms with Gasteiger partial charge in [0.1, 0.15) is 11.4 Å². The van der Waals surface area contributed by atoms with Crippen LogP contribution in [0.1, 0.15) is 62.2 Å². The summed E-state index contributed by atoms with van der Waals surface area (Å²) in [4.78, 5) is 43.2. The van der Waals surface area contributed by atoms with E-state index >= 15 is 0 Å². The fourth-order valence-corrected chi connectivity index (χ4v) is 4.00. The van der Waals surface area contributed by atoms with Crippen LogP contribution in [0.25, 0.3) is 0 Å². The lowest BCUT2D eigenvalue weighted by molar-refractivity contribution is 0.0505. The molecule has 1 aliphatic rings. The summed E-state index contributed by atoms with van der Waals surface area (Å²) in [6.07, 6.45) is 1.67. The third kappa shape index (κ3) is 5.19. The van der Waals surface area contributed by atoms with Gasteiger partial charge in [-0.25, -0.2) is 4.79 Å². The van der Waals surface area contributed by atoms with Crippen molar-refractivity contribution in [3.63, 3.8) is 0 Å². The summed E-state index contributed by atoms with van der Waals surface area (Å²) < 4.78 is 15.9. The highest BCUT2D eigenvalue weighted by molar-refractivity contribution is 6.05. The lowest BCUT2D eigenvalue weighted by Crippen LogP contribution is -2.41. The Morgan fingerprint density at radius 3 is 2.50 bits per heavy atom. The van der Waals surface area contributed by atoms with Gasteiger partial charge in [0.25, 0.3) is 5.91 Å². The monoisotopic (exact) mass is 442 g/mol. The van der Waals surface area contributed by atoms with Crippen LogP contribution in [0.4, 0.5) is 0 Å². The molecule has 0 radical (unpaired) electrons. The summed E-state index contributed by atoms with van der Waals surface area (Å²) in [6.45, 7) is 6.27. The lowest BCUT2D eigenvalue weighted by Gasteiger charge is -2.25. The van der Waals surface area contributed by atoms with Gasteiger partial charge in [-0.3, -0.25) is 9.59 Å². The second kappa shape index (κ2) is 10.5. The highest BCUT2D eigenvalue weighted by Gasteiger charge is 2.28. The van der Waals surface area contributed by atoms with E-state index < -0.39 is 5.97 Å². The average molecular weight is 443 g/mol. The predicted molar refractivity (Wildman–Crippen MR) is 118 cm³/mol. The summed E-state index contributed by atoms with van der Waals surface area (Å²) in [5, 5.41) is 0. The molecule has 0 bridgehead atoms. The van der Waals surface area contributed by atoms with Crippen molar-refractivity contribution in [1.82, 2.24) is 9.88 Å². The highest BCUT2D eigenvalue weighted by Crippen LogP contribution is 2.22. The molecule has 1 aromatic heterocycles. The van der Waals surface area contributed by atoms with Crippen molar-refractivity contribution in [2.75, 3.05) is 33.4 Å². The van der Waals surface area contributed by atoms with Crippen molar-refractivity contribution in [2.24, 2.45) is 0 Å². The number of hydrogen-bond acceptors (Lipinski definition) is 6. The molecule has 32 heavy (non-hydrogen) atoms. The maximum atomic E-state index is 13.3. The van der Waals surface area contributed by atoms with Crippen molar-refractivity contribution in [2.45, 2.75) is 39.7 Å². The zero-order chi connectivity index (χ0) is 23.3. The van der Waals surface area contributed by atoms with Crippen LogP contribution in [0, 0.1) is 13.8 Å². The van der Waals surface area contributed by atoms with Gasteiger partial charge in [0.05, 0.1) is 26.4 Å². The summed E-state index contributed by atoms with van der Waals surface area (Å²) in [6, 6.07) is 6.79. The van der Waals surface area contributed by atoms with E-state index in [0.717, 1.165) is 12.8 Å². The molecule has 2 heterocycles. The van der Waals surface area contributed by atoms with Gasteiger partial charge >= 0.3 is 5.97 Å². The fourth-order valence-electron chi connectivity index (χ4n) is 4.00. The molecule has 0 saturated carbocycles. The molecule has 1 aliphatic heterocycles. The molecule has 1 unspecified atom stereocenters. The molecular formula is C24H30N2O6. The number of methoxy groups -OCH3 is 1. The van der Waals surface area contributed by atoms with Crippen molar-refractivity contribution in [3.8, 4) is 5.75 Å². The third-order valence-corrected chi connectivity index (χ3v) is 5.60. The van der Waals surface area contributed by atoms with E-state index in [2.05, 4.69) is 4.98 Å². The standard InChI is InChI=1S/C24H30N2O6/c1-5-31-24(29)22-15(2)21(16(3)25-22)20(27)14-26(13-19-7-6-12-32-19)23(28)17-8-10-18(30-4)11-9-17/h8-11,19,25H,5-7,12-14H2,1-4H3. The maximum Gasteiger partial charge on any atom is 0.355 e. The largest absolute Gasteiger partial charge is 0.497 e. The SMILES string of the molecule is CCOC(=O)c1[nH]c(C)c(C(=O)CN(CC2CCCO2)C(=O)c2ccc(OC)cc2)c1C. The molecule has 1 N–H and O–H groups in total. The van der Waals surface area contributed by atoms with Crippen LogP contribution in [0.15, 0.2) is 24.3 Å². The quantitative estimate of drug-likeness (QED) is 0.473. The predicted octanol–water partition coefficient (Wildman–Crippen LogP) is 3.32. The van der Waals surface area contributed by atoms with Crippen LogP contribution >= 0.6 is 0 Å². The number of nitrogens with zero attached hydrogens (tertiary/aromatic N) is 1. The smallest absolute Gasteiger partial charge is 0.355 e. The van der Waals surface area contributed by atoms with Gasteiger partial charge in [-0.05, 0) is 63.4 Å². The zero-order valence-electron chi connectivity index (χ0n) is 19.0. The van der Waals surface area contributed by atoms with Crippen molar-refractivity contribution >= 4 is 17.7 Å². The number of rotatable bonds is 9. The van der Waals surface area contributed by atoms with Crippen LogP contribution in [-0.4, -0.2) is 67.1 Å². The molecule has 2 aromatic rings. The number of H-pyrrole nitrogens is 1. The van der Waals surface area contributed by atoms with Crippen LogP contribution in [-0.2, 0) is 9.47 Å². The van der Waals surface area contributed by atoms with Crippen molar-refractivity contribution in [3.05, 3.63) is 52.3 Å². The Morgan fingerprint density at radius 1 is 1.19 bits per heavy atom. The number of carbonyl (C=O) groups excluding carboxylic acids is 3. The summed E-state index contributed by atoms with van der Waals surface area (Å²) in [5.41, 5.74) is 2.24. The Kier molecular flexibility index (Phi) is 7.69. The van der Waals surface area contributed by atoms with Gasteiger partial charge in [-0.15, -0.1) is 0 Å². The van der Waals surface area contributed by atoms with Gasteiger partial charge in [0.2, 0.25) is 0 Å². The number of nitrogens with one attached hydrogen (secondary N) is 1. The van der Waals surface area contributed by atoms with Crippen molar-refractivity contribution < 1.29 is 28.6 Å². The first-order valence-corrected chi connectivity index (χ1v) is 10.8. The van der Waals surface area contributed by atoms with Gasteiger partial charge in [0, 0.05) is 30.0 Å². The van der Waals surface area contributed by atoms with Crippen LogP contribution in [0.3, 0.4) is 0 Å². The average Bonchev–Trinajstić information content (AvgIpc) is 3.40. The fraction of sp³-hybridized carbons (Fsp3) is 0.458. The molecule has 1 saturated heterocycles. The molecule has 0 aliphatic carbocycles. The van der Waals surface area contributed by atoms with E-state index in [4.69, 9.17) is 14.2 Å². The summed E-state index contributed by atoms with van der Waals surface area (Å²) >= 11 is 0. The van der Waals surface area contributed by atoms with Gasteiger partial charge < -0.3 is 24.1 Å². The van der Waals surface area contributed by atoms with Gasteiger partial charge in [-0.2, -0.15) is 0 Å². The first kappa shape index (κ1) is 23.5. The number of ether oxygens (including phenoxy) is 3. The number of aryl methyl sites for hydroxylation is 1. The molecule has 3 rings (SSSR count). The number of Topliss-reactive ketones (excluding diaryl/α,β-unsaturated/α-hetero) is 1. The number of benzene rings is 1. The number of esters is 1. The number of aromatic amines is 1. The maximum absolute atomic E-state index is 13.3. The molecule has 1 aromatic carbocycles. The summed E-state index contributed by atoms with van der Waals surface area (Å²) in [5.74, 6) is -0.356. The van der Waals surface area contributed by atoms with Gasteiger partial charge in [0.15, 0.2) is 5.78 Å². The normalized spacial score (nSPS) is 15.4. The van der Waals surface area contributed by atoms with Gasteiger partial charge in [-0.1, -0.05) is 0 Å². The topological polar surface area (TPSA) is 97.9 Å². The number of aromatic nitrogens is 1. The minimum atomic E-state index is -0.502. The van der Waals surface area contributed by atoms with E-state index in [-0.39, 0.29) is 36.6 Å². The van der Waals surface area contributed by atoms with Crippen LogP contribution in [0.2, 0.25) is 0 Å². The van der Waals surface area contributed by atoms with E-state index in [0.29, 0.717) is 41.3 Å². The van der Waals surface area contributed by atoms with Crippen LogP contribution in [0.5, 0.6) is 5.75 Å². The van der Waals surface area contributed by atoms with E-state index in [1.165, 1.54) is 4.90 Å². The molecule has 0 spiro atoms. The van der Waals surface area contributed by atoms with Crippen LogP contribution < -0.4 is 4.74 Å². The number of ketones is 1. The van der Waals surface area contributed by atoms with Crippen molar-refractivity contribution in [1.29, 1.82) is 0 Å². The molecule has 1 fully saturated rings. The lowest BCUT2D eigenvalue weighted by atomic mass is 10.0. The molecule has 1 atom stereocenters. The Morgan fingerprint density at radius 2 is 1.91 bits per heavy atom. The molecule has 8 heteroatoms. The Balaban J connectivity index is 1.84. The molecule has 1 amide bonds. The summed E-state index contributed by atoms with van der Waals surface area (Å²) in [7, 11) is 1.56. The minimum Gasteiger partial charge on any atom is -0.497 e. The Hall–Kier alpha value is -3.13. The highest BCUT2D eigenvalue weighted by atomic mass is 16.5. The van der Waals surface area contributed by atoms with E-state index in [1.807, 2.05) is 0 Å². The second-order valence-corrected chi connectivity index (χ2v) is 7.82. The van der Waals surface area contributed by atoms with E-state index in [9.17, 15) is 14.4 Å². The number of hydrogen-bond donors (Lipinski definition) is 1. The zero-order valence-corrected chi connectivity index (χ0v) is 19.0. The molecule has 8 nitrogen and oxygen atoms in total. The van der Waals surface area contributed by atoms with E-state index in [1.54, 1.807) is 52.1 Å². The Bertz CT molecular complexity index is 973. The molecular weight excluding hydrogens is 412 g/mol. The Labute approximate surface area is 187 Å². The third-order valence-electron chi connectivity index (χ3n) is 5.60. The minimum absolute atomic E-state index is 0.103. The first-order chi connectivity index (χ1) is 15.3.